The van der Waals surface area contributed by atoms with Crippen LogP contribution in [0.15, 0.2) is 36.4 Å². The van der Waals surface area contributed by atoms with E-state index in [2.05, 4.69) is 0 Å². The number of rotatable bonds is 0. The molecule has 2 aromatic rings. The molecule has 0 saturated carbocycles. The number of nitrogens with two attached hydrogens (primary N) is 4. The predicted octanol–water partition coefficient (Wildman–Crippen LogP) is 1.75. The summed E-state index contributed by atoms with van der Waals surface area (Å²) in [5.74, 6) is 0.281. The van der Waals surface area contributed by atoms with Crippen molar-refractivity contribution in [1.82, 2.24) is 0 Å². The van der Waals surface area contributed by atoms with Gasteiger partial charge in [-0.3, -0.25) is 0 Å². The van der Waals surface area contributed by atoms with Gasteiger partial charge in [-0.15, -0.1) is 0 Å². The second-order valence-electron chi connectivity index (χ2n) is 3.63. The molecule has 0 fully saturated rings. The number of phenols is 2. The highest BCUT2D eigenvalue weighted by Gasteiger charge is 1.93. The molecule has 19 heavy (non-hydrogen) atoms. The number of hydrogen-bond acceptors (Lipinski definition) is 6. The Balaban J connectivity index is 0.000000324. The third-order valence-corrected chi connectivity index (χ3v) is 2.14. The Morgan fingerprint density at radius 3 is 1.11 bits per heavy atom. The molecule has 104 valence electrons. The lowest BCUT2D eigenvalue weighted by Gasteiger charge is -1.97. The highest BCUT2D eigenvalue weighted by Crippen LogP contribution is 2.20. The van der Waals surface area contributed by atoms with E-state index in [-0.39, 0.29) is 18.9 Å². The van der Waals surface area contributed by atoms with E-state index in [1.807, 2.05) is 0 Å². The molecule has 0 amide bonds. The minimum atomic E-state index is 0. The van der Waals surface area contributed by atoms with Gasteiger partial charge in [0.2, 0.25) is 0 Å². The Kier molecular flexibility index (Phi) is 5.86. The molecule has 0 aromatic heterocycles. The van der Waals surface area contributed by atoms with Gasteiger partial charge in [0.15, 0.2) is 0 Å². The zero-order valence-electron chi connectivity index (χ0n) is 9.67. The molecule has 0 saturated heterocycles. The second kappa shape index (κ2) is 6.85. The molecule has 10 N–H and O–H groups in total. The SMILES string of the molecule is C.Nc1ccc(O)cc1N.Nc1ccc(O)cc1N. The predicted molar refractivity (Wildman–Crippen MR) is 80.6 cm³/mol. The van der Waals surface area contributed by atoms with E-state index in [1.165, 1.54) is 24.3 Å². The molecular weight excluding hydrogens is 244 g/mol. The van der Waals surface area contributed by atoms with Gasteiger partial charge in [0.05, 0.1) is 22.7 Å². The molecule has 2 aromatic carbocycles. The van der Waals surface area contributed by atoms with E-state index in [0.29, 0.717) is 22.7 Å². The van der Waals surface area contributed by atoms with Gasteiger partial charge in [-0.25, -0.2) is 0 Å². The molecule has 0 spiro atoms. The number of anilines is 4. The zero-order valence-corrected chi connectivity index (χ0v) is 9.67. The summed E-state index contributed by atoms with van der Waals surface area (Å²) in [5.41, 5.74) is 23.2. The van der Waals surface area contributed by atoms with E-state index >= 15 is 0 Å². The van der Waals surface area contributed by atoms with Gasteiger partial charge in [0.25, 0.3) is 0 Å². The third-order valence-electron chi connectivity index (χ3n) is 2.14. The molecule has 0 aliphatic carbocycles. The summed E-state index contributed by atoms with van der Waals surface area (Å²) in [6.45, 7) is 0. The van der Waals surface area contributed by atoms with Crippen LogP contribution in [0.1, 0.15) is 7.43 Å². The van der Waals surface area contributed by atoms with Crippen LogP contribution < -0.4 is 22.9 Å². The first-order valence-corrected chi connectivity index (χ1v) is 5.08. The quantitative estimate of drug-likeness (QED) is 0.316. The minimum absolute atomic E-state index is 0. The number of hydrogen-bond donors (Lipinski definition) is 6. The Labute approximate surface area is 112 Å². The van der Waals surface area contributed by atoms with Crippen molar-refractivity contribution >= 4 is 22.7 Å². The Morgan fingerprint density at radius 2 is 0.895 bits per heavy atom. The first kappa shape index (κ1) is 16.2. The van der Waals surface area contributed by atoms with Crippen LogP contribution in [0.5, 0.6) is 11.5 Å². The van der Waals surface area contributed by atoms with Crippen molar-refractivity contribution in [3.63, 3.8) is 0 Å². The molecule has 6 heteroatoms. The minimum Gasteiger partial charge on any atom is -0.508 e. The summed E-state index contributed by atoms with van der Waals surface area (Å²) in [5, 5.41) is 17.6. The molecule has 0 unspecified atom stereocenters. The van der Waals surface area contributed by atoms with Gasteiger partial charge in [-0.05, 0) is 24.3 Å². The van der Waals surface area contributed by atoms with Gasteiger partial charge in [-0.1, -0.05) is 7.43 Å². The Bertz CT molecular complexity index is 495. The van der Waals surface area contributed by atoms with Crippen molar-refractivity contribution in [2.75, 3.05) is 22.9 Å². The average molecular weight is 264 g/mol. The van der Waals surface area contributed by atoms with Gasteiger partial charge < -0.3 is 33.1 Å². The van der Waals surface area contributed by atoms with Crippen molar-refractivity contribution < 1.29 is 10.2 Å². The largest absolute Gasteiger partial charge is 0.508 e. The lowest BCUT2D eigenvalue weighted by Crippen LogP contribution is -1.92. The number of phenolic OH excluding ortho intramolecular Hbond substituents is 2. The highest BCUT2D eigenvalue weighted by atomic mass is 16.3. The van der Waals surface area contributed by atoms with Crippen molar-refractivity contribution in [3.8, 4) is 11.5 Å². The average Bonchev–Trinajstić information content (AvgIpc) is 2.30. The van der Waals surface area contributed by atoms with Crippen LogP contribution in [0, 0.1) is 0 Å². The lowest BCUT2D eigenvalue weighted by atomic mass is 10.3. The lowest BCUT2D eigenvalue weighted by molar-refractivity contribution is 0.475. The number of aromatic hydroxyl groups is 2. The third kappa shape index (κ3) is 4.95. The summed E-state index contributed by atoms with van der Waals surface area (Å²) in [6.07, 6.45) is 0. The first-order chi connectivity index (χ1) is 8.40. The first-order valence-electron chi connectivity index (χ1n) is 5.08. The molecule has 0 heterocycles. The van der Waals surface area contributed by atoms with E-state index in [9.17, 15) is 0 Å². The van der Waals surface area contributed by atoms with E-state index < -0.39 is 0 Å². The fourth-order valence-electron chi connectivity index (χ4n) is 1.12. The highest BCUT2D eigenvalue weighted by molar-refractivity contribution is 5.65. The van der Waals surface area contributed by atoms with Gasteiger partial charge >= 0.3 is 0 Å². The maximum absolute atomic E-state index is 8.80. The summed E-state index contributed by atoms with van der Waals surface area (Å²) in [6, 6.07) is 8.93. The van der Waals surface area contributed by atoms with Crippen molar-refractivity contribution in [1.29, 1.82) is 0 Å². The fraction of sp³-hybridized carbons (Fsp3) is 0.0769. The summed E-state index contributed by atoms with van der Waals surface area (Å²) in [4.78, 5) is 0. The van der Waals surface area contributed by atoms with Crippen LogP contribution in [0.2, 0.25) is 0 Å². The van der Waals surface area contributed by atoms with Crippen LogP contribution in [-0.2, 0) is 0 Å². The summed E-state index contributed by atoms with van der Waals surface area (Å²) >= 11 is 0. The summed E-state index contributed by atoms with van der Waals surface area (Å²) in [7, 11) is 0. The fourth-order valence-corrected chi connectivity index (χ4v) is 1.12. The Hall–Kier alpha value is -2.76. The zero-order chi connectivity index (χ0) is 13.7. The molecular formula is C13H20N4O2. The number of benzene rings is 2. The van der Waals surface area contributed by atoms with Crippen molar-refractivity contribution in [3.05, 3.63) is 36.4 Å². The maximum atomic E-state index is 8.80. The molecule has 2 rings (SSSR count). The van der Waals surface area contributed by atoms with Crippen molar-refractivity contribution in [2.45, 2.75) is 7.43 Å². The maximum Gasteiger partial charge on any atom is 0.117 e. The van der Waals surface area contributed by atoms with E-state index in [0.717, 1.165) is 0 Å². The topological polar surface area (TPSA) is 145 Å². The standard InChI is InChI=1S/2C6H8N2O.CH4/c2*7-5-2-1-4(9)3-6(5)8;/h2*1-3,9H,7-8H2;1H4. The van der Waals surface area contributed by atoms with Crippen molar-refractivity contribution in [2.24, 2.45) is 0 Å². The molecule has 0 atom stereocenters. The van der Waals surface area contributed by atoms with E-state index in [4.69, 9.17) is 33.1 Å². The molecule has 0 aliphatic rings. The van der Waals surface area contributed by atoms with E-state index in [1.54, 1.807) is 12.1 Å². The molecule has 6 nitrogen and oxygen atoms in total. The van der Waals surface area contributed by atoms with Crippen LogP contribution >= 0.6 is 0 Å². The van der Waals surface area contributed by atoms with Gasteiger partial charge in [-0.2, -0.15) is 0 Å². The number of nitrogen functional groups attached to an aromatic ring is 4. The monoisotopic (exact) mass is 264 g/mol. The summed E-state index contributed by atoms with van der Waals surface area (Å²) < 4.78 is 0. The van der Waals surface area contributed by atoms with Crippen LogP contribution in [-0.4, -0.2) is 10.2 Å². The Morgan fingerprint density at radius 1 is 0.579 bits per heavy atom. The van der Waals surface area contributed by atoms with Crippen LogP contribution in [0.4, 0.5) is 22.7 Å². The molecule has 0 bridgehead atoms. The smallest absolute Gasteiger partial charge is 0.117 e. The van der Waals surface area contributed by atoms with Gasteiger partial charge in [0, 0.05) is 12.1 Å². The van der Waals surface area contributed by atoms with Crippen LogP contribution in [0.3, 0.4) is 0 Å². The molecule has 0 aliphatic heterocycles. The molecule has 0 radical (unpaired) electrons. The normalized spacial score (nSPS) is 8.84. The van der Waals surface area contributed by atoms with Crippen LogP contribution in [0.25, 0.3) is 0 Å². The second-order valence-corrected chi connectivity index (χ2v) is 3.63. The van der Waals surface area contributed by atoms with Gasteiger partial charge in [0.1, 0.15) is 11.5 Å².